The van der Waals surface area contributed by atoms with Crippen molar-refractivity contribution in [1.82, 2.24) is 14.5 Å². The zero-order chi connectivity index (χ0) is 15.8. The minimum atomic E-state index is 0.436. The van der Waals surface area contributed by atoms with Gasteiger partial charge in [-0.05, 0) is 37.8 Å². The summed E-state index contributed by atoms with van der Waals surface area (Å²) < 4.78 is 8.20. The van der Waals surface area contributed by atoms with Gasteiger partial charge in [0.15, 0.2) is 0 Å². The number of aryl methyl sites for hydroxylation is 2. The minimum absolute atomic E-state index is 0.436. The molecule has 0 amide bonds. The van der Waals surface area contributed by atoms with Gasteiger partial charge < -0.3 is 9.30 Å². The van der Waals surface area contributed by atoms with Crippen LogP contribution in [0.5, 0.6) is 0 Å². The summed E-state index contributed by atoms with van der Waals surface area (Å²) in [6, 6.07) is 4.47. The lowest BCUT2D eigenvalue weighted by Gasteiger charge is -2.32. The molecule has 0 radical (unpaired) electrons. The van der Waals surface area contributed by atoms with Crippen molar-refractivity contribution >= 4 is 11.3 Å². The summed E-state index contributed by atoms with van der Waals surface area (Å²) in [5, 5.41) is 0. The number of aromatic nitrogens is 2. The molecule has 4 rings (SSSR count). The summed E-state index contributed by atoms with van der Waals surface area (Å²) >= 11 is 1.90. The summed E-state index contributed by atoms with van der Waals surface area (Å²) in [6.07, 6.45) is 4.66. The standard InChI is InChI=1S/C18H25N3OS/c1-13-3-6-16(23-13)8-21-7-15(11-22-10-14-4-5-14)18-17(9-21)19-12-20(18)2/h3,6,12,14-15H,4-5,7-11H2,1-2H3. The molecule has 1 atom stereocenters. The number of nitrogens with zero attached hydrogens (tertiary/aromatic N) is 3. The van der Waals surface area contributed by atoms with E-state index in [4.69, 9.17) is 4.74 Å². The van der Waals surface area contributed by atoms with E-state index in [0.29, 0.717) is 5.92 Å². The zero-order valence-electron chi connectivity index (χ0n) is 14.0. The predicted octanol–water partition coefficient (Wildman–Crippen LogP) is 3.32. The second-order valence-corrected chi connectivity index (χ2v) is 8.42. The molecule has 1 aliphatic carbocycles. The number of fused-ring (bicyclic) bond motifs is 1. The second kappa shape index (κ2) is 6.38. The van der Waals surface area contributed by atoms with Gasteiger partial charge >= 0.3 is 0 Å². The van der Waals surface area contributed by atoms with Crippen LogP contribution in [0.1, 0.15) is 39.9 Å². The summed E-state index contributed by atoms with van der Waals surface area (Å²) in [7, 11) is 2.11. The van der Waals surface area contributed by atoms with Crippen LogP contribution in [-0.2, 0) is 24.9 Å². The zero-order valence-corrected chi connectivity index (χ0v) is 14.8. The van der Waals surface area contributed by atoms with Crippen molar-refractivity contribution in [2.24, 2.45) is 13.0 Å². The van der Waals surface area contributed by atoms with Crippen LogP contribution < -0.4 is 0 Å². The molecule has 0 N–H and O–H groups in total. The Bertz CT molecular complexity index is 674. The SMILES string of the molecule is Cc1ccc(CN2Cc3ncn(C)c3C(COCC3CC3)C2)s1. The first kappa shape index (κ1) is 15.4. The molecule has 2 aromatic heterocycles. The van der Waals surface area contributed by atoms with Crippen LogP contribution in [0.15, 0.2) is 18.5 Å². The summed E-state index contributed by atoms with van der Waals surface area (Å²) in [5.74, 6) is 1.26. The number of rotatable bonds is 6. The first-order valence-corrected chi connectivity index (χ1v) is 9.36. The molecule has 124 valence electrons. The Kier molecular flexibility index (Phi) is 4.26. The monoisotopic (exact) mass is 331 g/mol. The quantitative estimate of drug-likeness (QED) is 0.813. The molecular formula is C18H25N3OS. The Morgan fingerprint density at radius 3 is 2.91 bits per heavy atom. The van der Waals surface area contributed by atoms with Crippen molar-refractivity contribution in [1.29, 1.82) is 0 Å². The molecule has 0 bridgehead atoms. The molecule has 5 heteroatoms. The molecule has 2 aliphatic rings. The van der Waals surface area contributed by atoms with E-state index in [2.05, 4.69) is 40.6 Å². The Morgan fingerprint density at radius 2 is 2.17 bits per heavy atom. The number of thiophene rings is 1. The van der Waals surface area contributed by atoms with Crippen molar-refractivity contribution < 1.29 is 4.74 Å². The van der Waals surface area contributed by atoms with Gasteiger partial charge in [-0.3, -0.25) is 4.90 Å². The third-order valence-corrected chi connectivity index (χ3v) is 5.83. The van der Waals surface area contributed by atoms with Gasteiger partial charge in [-0.1, -0.05) is 0 Å². The van der Waals surface area contributed by atoms with Crippen LogP contribution in [0, 0.1) is 12.8 Å². The molecule has 23 heavy (non-hydrogen) atoms. The highest BCUT2D eigenvalue weighted by Gasteiger charge is 2.30. The van der Waals surface area contributed by atoms with Gasteiger partial charge in [-0.25, -0.2) is 4.98 Å². The van der Waals surface area contributed by atoms with Gasteiger partial charge in [0.05, 0.1) is 18.6 Å². The molecule has 0 aromatic carbocycles. The molecule has 0 spiro atoms. The normalized spacial score (nSPS) is 21.6. The summed E-state index contributed by atoms with van der Waals surface area (Å²) in [6.45, 7) is 6.97. The van der Waals surface area contributed by atoms with Gasteiger partial charge in [-0.2, -0.15) is 0 Å². The largest absolute Gasteiger partial charge is 0.380 e. The van der Waals surface area contributed by atoms with Crippen molar-refractivity contribution in [3.05, 3.63) is 39.6 Å². The highest BCUT2D eigenvalue weighted by atomic mass is 32.1. The van der Waals surface area contributed by atoms with Crippen LogP contribution in [0.2, 0.25) is 0 Å². The summed E-state index contributed by atoms with van der Waals surface area (Å²) in [5.41, 5.74) is 2.60. The smallest absolute Gasteiger partial charge is 0.0949 e. The first-order chi connectivity index (χ1) is 11.2. The van der Waals surface area contributed by atoms with Crippen LogP contribution in [0.4, 0.5) is 0 Å². The second-order valence-electron chi connectivity index (χ2n) is 7.05. The van der Waals surface area contributed by atoms with Crippen molar-refractivity contribution in [2.45, 2.75) is 38.8 Å². The van der Waals surface area contributed by atoms with E-state index < -0.39 is 0 Å². The van der Waals surface area contributed by atoms with Gasteiger partial charge in [-0.15, -0.1) is 11.3 Å². The highest BCUT2D eigenvalue weighted by Crippen LogP contribution is 2.32. The molecule has 0 saturated heterocycles. The molecular weight excluding hydrogens is 306 g/mol. The average molecular weight is 331 g/mol. The highest BCUT2D eigenvalue weighted by molar-refractivity contribution is 7.11. The van der Waals surface area contributed by atoms with Crippen molar-refractivity contribution in [3.8, 4) is 0 Å². The molecule has 3 heterocycles. The van der Waals surface area contributed by atoms with Crippen LogP contribution in [0.3, 0.4) is 0 Å². The fourth-order valence-corrected chi connectivity index (χ4v) is 4.45. The minimum Gasteiger partial charge on any atom is -0.380 e. The number of ether oxygens (including phenoxy) is 1. The van der Waals surface area contributed by atoms with E-state index in [1.807, 2.05) is 17.7 Å². The first-order valence-electron chi connectivity index (χ1n) is 8.54. The molecule has 1 saturated carbocycles. The van der Waals surface area contributed by atoms with Crippen molar-refractivity contribution in [3.63, 3.8) is 0 Å². The van der Waals surface area contributed by atoms with Gasteiger partial charge in [0.25, 0.3) is 0 Å². The molecule has 2 aromatic rings. The Balaban J connectivity index is 1.45. The number of hydrogen-bond donors (Lipinski definition) is 0. The van der Waals surface area contributed by atoms with Crippen LogP contribution in [0.25, 0.3) is 0 Å². The number of hydrogen-bond acceptors (Lipinski definition) is 4. The fraction of sp³-hybridized carbons (Fsp3) is 0.611. The van der Waals surface area contributed by atoms with E-state index in [-0.39, 0.29) is 0 Å². The Morgan fingerprint density at radius 1 is 1.30 bits per heavy atom. The average Bonchev–Trinajstić information content (AvgIpc) is 3.15. The van der Waals surface area contributed by atoms with Gasteiger partial charge in [0.2, 0.25) is 0 Å². The Hall–Kier alpha value is -1.17. The maximum Gasteiger partial charge on any atom is 0.0949 e. The third kappa shape index (κ3) is 3.52. The predicted molar refractivity (Wildman–Crippen MR) is 92.7 cm³/mol. The van der Waals surface area contributed by atoms with E-state index in [9.17, 15) is 0 Å². The van der Waals surface area contributed by atoms with Crippen LogP contribution >= 0.6 is 11.3 Å². The van der Waals surface area contributed by atoms with E-state index in [0.717, 1.165) is 38.8 Å². The molecule has 1 fully saturated rings. The Labute approximate surface area is 142 Å². The van der Waals surface area contributed by atoms with Gasteiger partial charge in [0.1, 0.15) is 0 Å². The third-order valence-electron chi connectivity index (χ3n) is 4.85. The maximum absolute atomic E-state index is 6.02. The fourth-order valence-electron chi connectivity index (χ4n) is 3.51. The molecule has 1 aliphatic heterocycles. The lowest BCUT2D eigenvalue weighted by Crippen LogP contribution is -2.35. The maximum atomic E-state index is 6.02. The lowest BCUT2D eigenvalue weighted by atomic mass is 9.99. The van der Waals surface area contributed by atoms with Gasteiger partial charge in [0, 0.05) is 54.7 Å². The van der Waals surface area contributed by atoms with Crippen LogP contribution in [-0.4, -0.2) is 34.2 Å². The van der Waals surface area contributed by atoms with E-state index in [1.165, 1.54) is 34.0 Å². The van der Waals surface area contributed by atoms with E-state index >= 15 is 0 Å². The summed E-state index contributed by atoms with van der Waals surface area (Å²) in [4.78, 5) is 9.98. The lowest BCUT2D eigenvalue weighted by molar-refractivity contribution is 0.0870. The molecule has 4 nitrogen and oxygen atoms in total. The van der Waals surface area contributed by atoms with E-state index in [1.54, 1.807) is 0 Å². The number of imidazole rings is 1. The van der Waals surface area contributed by atoms with Crippen molar-refractivity contribution in [2.75, 3.05) is 19.8 Å². The molecule has 1 unspecified atom stereocenters. The topological polar surface area (TPSA) is 30.3 Å².